The topological polar surface area (TPSA) is 79.8 Å². The quantitative estimate of drug-likeness (QED) is 0.410. The van der Waals surface area contributed by atoms with E-state index in [1.165, 1.54) is 4.90 Å². The largest absolute Gasteiger partial charge is 0.492 e. The fourth-order valence-corrected chi connectivity index (χ4v) is 4.48. The second-order valence-electron chi connectivity index (χ2n) is 9.20. The van der Waals surface area contributed by atoms with Crippen molar-refractivity contribution >= 4 is 17.7 Å². The number of carbonyl (C=O) groups is 3. The van der Waals surface area contributed by atoms with E-state index >= 15 is 0 Å². The van der Waals surface area contributed by atoms with Gasteiger partial charge in [-0.25, -0.2) is 0 Å². The lowest BCUT2D eigenvalue weighted by atomic mass is 9.75. The highest BCUT2D eigenvalue weighted by Crippen LogP contribution is 2.40. The Labute approximate surface area is 211 Å². The molecule has 2 heterocycles. The van der Waals surface area contributed by atoms with Gasteiger partial charge in [0.1, 0.15) is 12.4 Å². The van der Waals surface area contributed by atoms with Crippen molar-refractivity contribution in [2.24, 2.45) is 0 Å². The van der Waals surface area contributed by atoms with E-state index in [0.29, 0.717) is 25.1 Å². The molecule has 1 saturated heterocycles. The fraction of sp³-hybridized carbons (Fsp3) is 0.310. The first-order valence-corrected chi connectivity index (χ1v) is 12.1. The highest BCUT2D eigenvalue weighted by molar-refractivity contribution is 6.10. The summed E-state index contributed by atoms with van der Waals surface area (Å²) in [5.74, 6) is -0.0633. The van der Waals surface area contributed by atoms with E-state index in [1.54, 1.807) is 18.1 Å². The van der Waals surface area contributed by atoms with Crippen molar-refractivity contribution in [3.8, 4) is 5.75 Å². The van der Waals surface area contributed by atoms with Gasteiger partial charge in [-0.1, -0.05) is 54.1 Å². The van der Waals surface area contributed by atoms with Crippen LogP contribution in [0.25, 0.3) is 0 Å². The predicted molar refractivity (Wildman–Crippen MR) is 136 cm³/mol. The van der Waals surface area contributed by atoms with Crippen molar-refractivity contribution in [2.75, 3.05) is 26.7 Å². The van der Waals surface area contributed by atoms with Crippen LogP contribution in [0.5, 0.6) is 5.75 Å². The smallest absolute Gasteiger partial charge is 0.240 e. The Morgan fingerprint density at radius 2 is 1.75 bits per heavy atom. The van der Waals surface area contributed by atoms with Crippen molar-refractivity contribution in [3.05, 3.63) is 95.8 Å². The Morgan fingerprint density at radius 3 is 2.44 bits per heavy atom. The second kappa shape index (κ2) is 11.2. The van der Waals surface area contributed by atoms with Crippen LogP contribution in [0, 0.1) is 6.92 Å². The molecule has 4 rings (SSSR count). The van der Waals surface area contributed by atoms with Crippen LogP contribution in [-0.4, -0.2) is 59.2 Å². The van der Waals surface area contributed by atoms with Crippen molar-refractivity contribution in [2.45, 2.75) is 31.6 Å². The second-order valence-corrected chi connectivity index (χ2v) is 9.20. The van der Waals surface area contributed by atoms with Gasteiger partial charge in [-0.3, -0.25) is 24.3 Å². The summed E-state index contributed by atoms with van der Waals surface area (Å²) < 4.78 is 5.76. The van der Waals surface area contributed by atoms with Crippen LogP contribution in [-0.2, 0) is 26.2 Å². The number of imide groups is 1. The molecule has 3 amide bonds. The van der Waals surface area contributed by atoms with Crippen LogP contribution < -0.4 is 4.74 Å². The molecule has 0 spiro atoms. The van der Waals surface area contributed by atoms with Gasteiger partial charge < -0.3 is 9.64 Å². The maximum Gasteiger partial charge on any atom is 0.240 e. The first-order chi connectivity index (χ1) is 17.4. The lowest BCUT2D eigenvalue weighted by molar-refractivity contribution is -0.142. The molecule has 0 saturated carbocycles. The number of aryl methyl sites for hydroxylation is 1. The third-order valence-electron chi connectivity index (χ3n) is 6.65. The van der Waals surface area contributed by atoms with Gasteiger partial charge in [0.2, 0.25) is 17.7 Å². The monoisotopic (exact) mass is 485 g/mol. The number of pyridine rings is 1. The molecule has 0 radical (unpaired) electrons. The fourth-order valence-electron chi connectivity index (χ4n) is 4.48. The average molecular weight is 486 g/mol. The van der Waals surface area contributed by atoms with Crippen molar-refractivity contribution in [1.29, 1.82) is 0 Å². The van der Waals surface area contributed by atoms with Crippen LogP contribution >= 0.6 is 0 Å². The number of ether oxygens (including phenoxy) is 1. The van der Waals surface area contributed by atoms with E-state index < -0.39 is 5.41 Å². The summed E-state index contributed by atoms with van der Waals surface area (Å²) in [7, 11) is 1.69. The zero-order chi connectivity index (χ0) is 25.5. The molecule has 0 unspecified atom stereocenters. The summed E-state index contributed by atoms with van der Waals surface area (Å²) in [5, 5.41) is 0. The number of likely N-dealkylation sites (tertiary alicyclic amines) is 1. The number of carbonyl (C=O) groups excluding carboxylic acids is 3. The third kappa shape index (κ3) is 5.62. The minimum Gasteiger partial charge on any atom is -0.492 e. The van der Waals surface area contributed by atoms with E-state index in [2.05, 4.69) is 4.98 Å². The number of benzene rings is 2. The molecule has 1 atom stereocenters. The molecule has 1 aliphatic rings. The maximum absolute atomic E-state index is 13.7. The molecule has 36 heavy (non-hydrogen) atoms. The molecule has 1 fully saturated rings. The number of aromatic nitrogens is 1. The lowest BCUT2D eigenvalue weighted by Crippen LogP contribution is -2.43. The number of nitrogens with zero attached hydrogens (tertiary/aromatic N) is 3. The summed E-state index contributed by atoms with van der Waals surface area (Å²) in [6.45, 7) is 2.93. The third-order valence-corrected chi connectivity index (χ3v) is 6.65. The summed E-state index contributed by atoms with van der Waals surface area (Å²) in [4.78, 5) is 47.2. The van der Waals surface area contributed by atoms with Crippen LogP contribution in [0.3, 0.4) is 0 Å². The molecule has 1 aromatic heterocycles. The zero-order valence-corrected chi connectivity index (χ0v) is 20.7. The molecule has 7 heteroatoms. The highest BCUT2D eigenvalue weighted by Gasteiger charge is 2.53. The number of hydrogen-bond donors (Lipinski definition) is 0. The summed E-state index contributed by atoms with van der Waals surface area (Å²) in [6.07, 6.45) is 2.04. The minimum atomic E-state index is -1.22. The van der Waals surface area contributed by atoms with E-state index in [9.17, 15) is 14.4 Å². The average Bonchev–Trinajstić information content (AvgIpc) is 3.14. The predicted octanol–water partition coefficient (Wildman–Crippen LogP) is 3.56. The molecule has 2 aromatic carbocycles. The van der Waals surface area contributed by atoms with Gasteiger partial charge in [0, 0.05) is 44.7 Å². The Kier molecular flexibility index (Phi) is 7.78. The summed E-state index contributed by atoms with van der Waals surface area (Å²) in [5.41, 5.74) is 1.41. The van der Waals surface area contributed by atoms with Gasteiger partial charge in [-0.05, 0) is 36.8 Å². The van der Waals surface area contributed by atoms with E-state index in [1.807, 2.05) is 79.7 Å². The number of rotatable bonds is 10. The Morgan fingerprint density at radius 1 is 1.03 bits per heavy atom. The minimum absolute atomic E-state index is 0.0302. The summed E-state index contributed by atoms with van der Waals surface area (Å²) in [6, 6.07) is 22.4. The van der Waals surface area contributed by atoms with Gasteiger partial charge in [0.05, 0.1) is 12.0 Å². The number of amides is 3. The molecule has 1 aliphatic heterocycles. The van der Waals surface area contributed by atoms with Crippen molar-refractivity contribution in [3.63, 3.8) is 0 Å². The van der Waals surface area contributed by atoms with Crippen LogP contribution in [0.4, 0.5) is 0 Å². The maximum atomic E-state index is 13.7. The number of likely N-dealkylation sites (N-methyl/N-ethyl adjacent to an activating group) is 1. The van der Waals surface area contributed by atoms with Crippen LogP contribution in [0.15, 0.2) is 79.0 Å². The standard InChI is InChI=1S/C29H31N3O4/c1-22-11-13-25(14-12-22)36-19-18-31(2)26(33)20-29(23-8-4-3-5-9-23)21-27(34)32(28(29)35)17-15-24-10-6-7-16-30-24/h3-14,16H,15,17-21H2,1-2H3/t29-/m0/s1. The molecule has 0 aliphatic carbocycles. The normalized spacial score (nSPS) is 17.3. The Hall–Kier alpha value is -4.00. The molecule has 0 bridgehead atoms. The van der Waals surface area contributed by atoms with E-state index in [-0.39, 0.29) is 37.1 Å². The molecule has 186 valence electrons. The molecular weight excluding hydrogens is 454 g/mol. The molecule has 0 N–H and O–H groups in total. The Bertz CT molecular complexity index is 1200. The van der Waals surface area contributed by atoms with Crippen LogP contribution in [0.1, 0.15) is 29.7 Å². The van der Waals surface area contributed by atoms with E-state index in [0.717, 1.165) is 17.0 Å². The zero-order valence-electron chi connectivity index (χ0n) is 20.7. The van der Waals surface area contributed by atoms with Gasteiger partial charge >= 0.3 is 0 Å². The first-order valence-electron chi connectivity index (χ1n) is 12.1. The summed E-state index contributed by atoms with van der Waals surface area (Å²) >= 11 is 0. The van der Waals surface area contributed by atoms with Gasteiger partial charge in [0.15, 0.2) is 0 Å². The van der Waals surface area contributed by atoms with E-state index in [4.69, 9.17) is 4.74 Å². The van der Waals surface area contributed by atoms with Gasteiger partial charge in [0.25, 0.3) is 0 Å². The highest BCUT2D eigenvalue weighted by atomic mass is 16.5. The Balaban J connectivity index is 1.46. The van der Waals surface area contributed by atoms with Gasteiger partial charge in [-0.15, -0.1) is 0 Å². The van der Waals surface area contributed by atoms with Gasteiger partial charge in [-0.2, -0.15) is 0 Å². The molecule has 3 aromatic rings. The first kappa shape index (κ1) is 25.1. The van der Waals surface area contributed by atoms with Crippen LogP contribution in [0.2, 0.25) is 0 Å². The molecular formula is C29H31N3O4. The lowest BCUT2D eigenvalue weighted by Gasteiger charge is -2.29. The van der Waals surface area contributed by atoms with Crippen molar-refractivity contribution < 1.29 is 19.1 Å². The van der Waals surface area contributed by atoms with Crippen molar-refractivity contribution in [1.82, 2.24) is 14.8 Å². The SMILES string of the molecule is Cc1ccc(OCCN(C)C(=O)C[C@@]2(c3ccccc3)CC(=O)N(CCc3ccccn3)C2=O)cc1. The molecule has 7 nitrogen and oxygen atoms in total. The number of hydrogen-bond acceptors (Lipinski definition) is 5.